The Bertz CT molecular complexity index is 734. The molecule has 0 radical (unpaired) electrons. The first kappa shape index (κ1) is 17.6. The van der Waals surface area contributed by atoms with Crippen molar-refractivity contribution in [1.82, 2.24) is 10.2 Å². The van der Waals surface area contributed by atoms with Crippen molar-refractivity contribution in [2.75, 3.05) is 7.11 Å². The fourth-order valence-electron chi connectivity index (χ4n) is 3.06. The van der Waals surface area contributed by atoms with Gasteiger partial charge in [-0.25, -0.2) is 4.79 Å². The lowest BCUT2D eigenvalue weighted by Crippen LogP contribution is -2.48. The van der Waals surface area contributed by atoms with Gasteiger partial charge in [0.1, 0.15) is 5.75 Å². The van der Waals surface area contributed by atoms with Crippen LogP contribution in [0.4, 0.5) is 8.78 Å². The van der Waals surface area contributed by atoms with Gasteiger partial charge in [0, 0.05) is 17.3 Å². The Labute approximate surface area is 149 Å². The lowest BCUT2D eigenvalue weighted by atomic mass is 9.94. The van der Waals surface area contributed by atoms with Crippen molar-refractivity contribution >= 4 is 23.3 Å². The quantitative estimate of drug-likeness (QED) is 0.637. The number of esters is 1. The van der Waals surface area contributed by atoms with E-state index < -0.39 is 18.6 Å². The van der Waals surface area contributed by atoms with Crippen LogP contribution in [0.15, 0.2) is 35.5 Å². The van der Waals surface area contributed by atoms with E-state index in [2.05, 4.69) is 10.1 Å². The molecule has 3 rings (SSSR count). The SMILES string of the molecule is COC(=O)C1=C(C)N(C2CC2)C(=S)N[C@@H]1c1ccccc1OC(F)F. The number of ether oxygens (including phenoxy) is 2. The number of nitrogens with zero attached hydrogens (tertiary/aromatic N) is 1. The number of thiocarbonyl (C=S) groups is 1. The number of alkyl halides is 2. The maximum absolute atomic E-state index is 12.7. The van der Waals surface area contributed by atoms with E-state index in [1.807, 2.05) is 4.90 Å². The zero-order chi connectivity index (χ0) is 18.1. The summed E-state index contributed by atoms with van der Waals surface area (Å²) in [4.78, 5) is 14.3. The Morgan fingerprint density at radius 1 is 1.36 bits per heavy atom. The summed E-state index contributed by atoms with van der Waals surface area (Å²) in [6, 6.07) is 5.88. The third-order valence-electron chi connectivity index (χ3n) is 4.29. The highest BCUT2D eigenvalue weighted by Gasteiger charge is 2.41. The highest BCUT2D eigenvalue weighted by Crippen LogP contribution is 2.40. The Balaban J connectivity index is 2.08. The fraction of sp³-hybridized carbons (Fsp3) is 0.412. The molecule has 1 atom stereocenters. The van der Waals surface area contributed by atoms with E-state index in [0.717, 1.165) is 12.8 Å². The van der Waals surface area contributed by atoms with E-state index in [1.165, 1.54) is 13.2 Å². The molecule has 0 amide bonds. The van der Waals surface area contributed by atoms with Crippen LogP contribution >= 0.6 is 12.2 Å². The van der Waals surface area contributed by atoms with Crippen molar-refractivity contribution in [2.45, 2.75) is 38.5 Å². The third-order valence-corrected chi connectivity index (χ3v) is 4.60. The largest absolute Gasteiger partial charge is 0.466 e. The van der Waals surface area contributed by atoms with Gasteiger partial charge in [-0.3, -0.25) is 0 Å². The van der Waals surface area contributed by atoms with Gasteiger partial charge < -0.3 is 19.7 Å². The minimum Gasteiger partial charge on any atom is -0.466 e. The number of halogens is 2. The third kappa shape index (κ3) is 3.44. The number of hydrogen-bond acceptors (Lipinski definition) is 4. The molecule has 1 aromatic carbocycles. The molecule has 1 N–H and O–H groups in total. The molecule has 0 bridgehead atoms. The van der Waals surface area contributed by atoms with Crippen LogP contribution in [0.25, 0.3) is 0 Å². The van der Waals surface area contributed by atoms with Crippen molar-refractivity contribution < 1.29 is 23.0 Å². The molecule has 1 aliphatic heterocycles. The van der Waals surface area contributed by atoms with Crippen LogP contribution in [0.5, 0.6) is 5.75 Å². The fourth-order valence-corrected chi connectivity index (χ4v) is 3.46. The summed E-state index contributed by atoms with van der Waals surface area (Å²) in [5, 5.41) is 3.55. The molecule has 1 aliphatic carbocycles. The number of nitrogens with one attached hydrogen (secondary N) is 1. The predicted molar refractivity (Wildman–Crippen MR) is 91.1 cm³/mol. The van der Waals surface area contributed by atoms with Crippen molar-refractivity contribution in [3.05, 3.63) is 41.1 Å². The standard InChI is InChI=1S/C17H18F2N2O3S/c1-9-13(15(22)23-2)14(20-17(25)21(9)10-7-8-10)11-5-3-4-6-12(11)24-16(18)19/h3-6,10,14,16H,7-8H2,1-2H3,(H,20,25)/t14-/m1/s1. The molecule has 1 aromatic rings. The molecule has 5 nitrogen and oxygen atoms in total. The first-order chi connectivity index (χ1) is 11.9. The molecule has 0 saturated heterocycles. The first-order valence-corrected chi connectivity index (χ1v) is 8.27. The number of hydrogen-bond donors (Lipinski definition) is 1. The number of carbonyl (C=O) groups excluding carboxylic acids is 1. The summed E-state index contributed by atoms with van der Waals surface area (Å²) < 4.78 is 35.0. The van der Waals surface area contributed by atoms with Crippen LogP contribution in [0.1, 0.15) is 31.4 Å². The van der Waals surface area contributed by atoms with Crippen molar-refractivity contribution in [3.8, 4) is 5.75 Å². The van der Waals surface area contributed by atoms with Gasteiger partial charge in [-0.2, -0.15) is 8.78 Å². The normalized spacial score (nSPS) is 20.6. The highest BCUT2D eigenvalue weighted by atomic mass is 32.1. The number of allylic oxidation sites excluding steroid dienone is 1. The average molecular weight is 368 g/mol. The molecule has 134 valence electrons. The van der Waals surface area contributed by atoms with E-state index >= 15 is 0 Å². The highest BCUT2D eigenvalue weighted by molar-refractivity contribution is 7.80. The molecule has 1 heterocycles. The molecular formula is C17H18F2N2O3S. The van der Waals surface area contributed by atoms with Crippen LogP contribution < -0.4 is 10.1 Å². The van der Waals surface area contributed by atoms with E-state index in [0.29, 0.717) is 21.9 Å². The van der Waals surface area contributed by atoms with E-state index in [4.69, 9.17) is 17.0 Å². The number of carbonyl (C=O) groups is 1. The van der Waals surface area contributed by atoms with Gasteiger partial charge in [0.2, 0.25) is 0 Å². The molecule has 25 heavy (non-hydrogen) atoms. The van der Waals surface area contributed by atoms with Gasteiger partial charge in [0.05, 0.1) is 18.7 Å². The second-order valence-corrected chi connectivity index (χ2v) is 6.28. The minimum absolute atomic E-state index is 0.00752. The molecule has 1 saturated carbocycles. The van der Waals surface area contributed by atoms with Gasteiger partial charge in [-0.05, 0) is 38.0 Å². The smallest absolute Gasteiger partial charge is 0.387 e. The molecule has 0 unspecified atom stereocenters. The maximum Gasteiger partial charge on any atom is 0.387 e. The van der Waals surface area contributed by atoms with Crippen LogP contribution in [-0.2, 0) is 9.53 Å². The summed E-state index contributed by atoms with van der Waals surface area (Å²) in [5.41, 5.74) is 1.42. The second-order valence-electron chi connectivity index (χ2n) is 5.89. The Hall–Kier alpha value is -2.22. The lowest BCUT2D eigenvalue weighted by molar-refractivity contribution is -0.136. The van der Waals surface area contributed by atoms with Gasteiger partial charge in [0.15, 0.2) is 5.11 Å². The predicted octanol–water partition coefficient (Wildman–Crippen LogP) is 3.13. The molecular weight excluding hydrogens is 350 g/mol. The summed E-state index contributed by atoms with van der Waals surface area (Å²) >= 11 is 5.44. The molecule has 1 fully saturated rings. The van der Waals surface area contributed by atoms with Crippen LogP contribution in [0, 0.1) is 0 Å². The summed E-state index contributed by atoms with van der Waals surface area (Å²) in [6.07, 6.45) is 1.98. The summed E-state index contributed by atoms with van der Waals surface area (Å²) in [7, 11) is 1.29. The van der Waals surface area contributed by atoms with Crippen molar-refractivity contribution in [1.29, 1.82) is 0 Å². The van der Waals surface area contributed by atoms with Gasteiger partial charge in [0.25, 0.3) is 0 Å². The minimum atomic E-state index is -2.97. The lowest BCUT2D eigenvalue weighted by Gasteiger charge is -2.38. The second kappa shape index (κ2) is 6.95. The van der Waals surface area contributed by atoms with Crippen molar-refractivity contribution in [3.63, 3.8) is 0 Å². The molecule has 0 aromatic heterocycles. The van der Waals surface area contributed by atoms with Gasteiger partial charge in [-0.1, -0.05) is 18.2 Å². The van der Waals surface area contributed by atoms with Crippen molar-refractivity contribution in [2.24, 2.45) is 0 Å². The Kier molecular flexibility index (Phi) is 4.89. The first-order valence-electron chi connectivity index (χ1n) is 7.86. The molecule has 8 heteroatoms. The van der Waals surface area contributed by atoms with Crippen LogP contribution in [0.3, 0.4) is 0 Å². The van der Waals surface area contributed by atoms with E-state index in [9.17, 15) is 13.6 Å². The number of benzene rings is 1. The maximum atomic E-state index is 12.7. The van der Waals surface area contributed by atoms with E-state index in [-0.39, 0.29) is 11.8 Å². The Morgan fingerprint density at radius 3 is 2.64 bits per heavy atom. The zero-order valence-electron chi connectivity index (χ0n) is 13.8. The van der Waals surface area contributed by atoms with Gasteiger partial charge >= 0.3 is 12.6 Å². The van der Waals surface area contributed by atoms with Gasteiger partial charge in [-0.15, -0.1) is 0 Å². The monoisotopic (exact) mass is 368 g/mol. The van der Waals surface area contributed by atoms with Crippen LogP contribution in [-0.4, -0.2) is 35.7 Å². The molecule has 2 aliphatic rings. The summed E-state index contributed by atoms with van der Waals surface area (Å²) in [5.74, 6) is -0.540. The average Bonchev–Trinajstić information content (AvgIpc) is 3.38. The topological polar surface area (TPSA) is 50.8 Å². The number of methoxy groups -OCH3 is 1. The van der Waals surface area contributed by atoms with Crippen LogP contribution in [0.2, 0.25) is 0 Å². The number of rotatable bonds is 5. The molecule has 0 spiro atoms. The zero-order valence-corrected chi connectivity index (χ0v) is 14.6. The Morgan fingerprint density at radius 2 is 2.04 bits per heavy atom. The van der Waals surface area contributed by atoms with E-state index in [1.54, 1.807) is 25.1 Å². The number of para-hydroxylation sites is 1. The summed E-state index contributed by atoms with van der Waals surface area (Å²) in [6.45, 7) is -1.17.